The van der Waals surface area contributed by atoms with Crippen LogP contribution in [0.15, 0.2) is 24.3 Å². The van der Waals surface area contributed by atoms with E-state index >= 15 is 0 Å². The molecule has 3 rings (SSSR count). The van der Waals surface area contributed by atoms with Gasteiger partial charge in [0.25, 0.3) is 0 Å². The number of unbranched alkanes of at least 4 members (excludes halogenated alkanes) is 6. The summed E-state index contributed by atoms with van der Waals surface area (Å²) < 4.78 is 0. The first-order chi connectivity index (χ1) is 16.8. The van der Waals surface area contributed by atoms with Crippen molar-refractivity contribution in [3.63, 3.8) is 0 Å². The van der Waals surface area contributed by atoms with Gasteiger partial charge in [-0.15, -0.1) is 0 Å². The molecule has 2 fully saturated rings. The van der Waals surface area contributed by atoms with Gasteiger partial charge in [-0.25, -0.2) is 0 Å². The molecule has 0 atom stereocenters. The van der Waals surface area contributed by atoms with Crippen molar-refractivity contribution in [1.29, 1.82) is 0 Å². The molecule has 2 aliphatic rings. The zero-order valence-electron chi connectivity index (χ0n) is 23.2. The molecule has 2 aliphatic carbocycles. The van der Waals surface area contributed by atoms with E-state index in [9.17, 15) is 0 Å². The van der Waals surface area contributed by atoms with E-state index in [-0.39, 0.29) is 0 Å². The highest BCUT2D eigenvalue weighted by Crippen LogP contribution is 2.38. The third-order valence-corrected chi connectivity index (χ3v) is 9.56. The van der Waals surface area contributed by atoms with Crippen LogP contribution in [0, 0.1) is 23.7 Å². The lowest BCUT2D eigenvalue weighted by Gasteiger charge is -2.32. The first-order valence-electron chi connectivity index (χ1n) is 15.8. The van der Waals surface area contributed by atoms with Crippen molar-refractivity contribution < 1.29 is 0 Å². The maximum Gasteiger partial charge on any atom is -0.0276 e. The van der Waals surface area contributed by atoms with Crippen LogP contribution < -0.4 is 0 Å². The molecule has 2 saturated carbocycles. The van der Waals surface area contributed by atoms with Gasteiger partial charge in [0.15, 0.2) is 0 Å². The lowest BCUT2D eigenvalue weighted by molar-refractivity contribution is 0.208. The van der Waals surface area contributed by atoms with E-state index in [4.69, 9.17) is 0 Å². The molecule has 0 spiro atoms. The average molecular weight is 467 g/mol. The van der Waals surface area contributed by atoms with Crippen LogP contribution in [0.25, 0.3) is 0 Å². The number of benzene rings is 1. The Balaban J connectivity index is 1.22. The van der Waals surface area contributed by atoms with Crippen LogP contribution >= 0.6 is 0 Å². The normalized spacial score (nSPS) is 25.5. The summed E-state index contributed by atoms with van der Waals surface area (Å²) >= 11 is 0. The maximum atomic E-state index is 2.42. The molecule has 1 aromatic carbocycles. The zero-order chi connectivity index (χ0) is 23.8. The molecule has 1 aromatic rings. The predicted octanol–water partition coefficient (Wildman–Crippen LogP) is 11.1. The molecule has 0 heterocycles. The minimum Gasteiger partial charge on any atom is -0.0654 e. The minimum atomic E-state index is 0.994. The predicted molar refractivity (Wildman–Crippen MR) is 151 cm³/mol. The third-order valence-electron chi connectivity index (χ3n) is 9.56. The SMILES string of the molecule is CCCCCCCc1ccc(CCC2CCC(CCC3CCC(CCCCC)CC3)CC2)cc1. The summed E-state index contributed by atoms with van der Waals surface area (Å²) in [5.41, 5.74) is 3.12. The summed E-state index contributed by atoms with van der Waals surface area (Å²) in [7, 11) is 0. The van der Waals surface area contributed by atoms with Crippen LogP contribution in [-0.2, 0) is 12.8 Å². The standard InChI is InChI=1S/C34H58/c1-3-5-7-8-10-12-30-15-19-32(20-16-30)22-24-34-27-25-33(26-28-34)23-21-31-17-13-29(14-18-31)11-9-6-4-2/h15-16,19-20,29,31,33-34H,3-14,17-18,21-28H2,1-2H3. The molecule has 0 aliphatic heterocycles. The summed E-state index contributed by atoms with van der Waals surface area (Å²) in [6.45, 7) is 4.63. The van der Waals surface area contributed by atoms with E-state index in [0.717, 1.165) is 23.7 Å². The van der Waals surface area contributed by atoms with Crippen molar-refractivity contribution >= 4 is 0 Å². The van der Waals surface area contributed by atoms with Crippen molar-refractivity contribution in [3.8, 4) is 0 Å². The lowest BCUT2D eigenvalue weighted by Crippen LogP contribution is -2.18. The van der Waals surface area contributed by atoms with Crippen molar-refractivity contribution in [1.82, 2.24) is 0 Å². The van der Waals surface area contributed by atoms with Gasteiger partial charge in [0.1, 0.15) is 0 Å². The number of hydrogen-bond donors (Lipinski definition) is 0. The molecule has 0 amide bonds. The first kappa shape index (κ1) is 27.8. The van der Waals surface area contributed by atoms with Gasteiger partial charge >= 0.3 is 0 Å². The van der Waals surface area contributed by atoms with Gasteiger partial charge in [-0.1, -0.05) is 154 Å². The molecule has 0 bridgehead atoms. The van der Waals surface area contributed by atoms with Gasteiger partial charge in [-0.3, -0.25) is 0 Å². The fraction of sp³-hybridized carbons (Fsp3) is 0.824. The second-order valence-corrected chi connectivity index (χ2v) is 12.4. The van der Waals surface area contributed by atoms with E-state index < -0.39 is 0 Å². The quantitative estimate of drug-likeness (QED) is 0.212. The molecule has 0 N–H and O–H groups in total. The molecule has 0 nitrogen and oxygen atoms in total. The highest BCUT2D eigenvalue weighted by Gasteiger charge is 2.24. The molecule has 0 radical (unpaired) electrons. The Kier molecular flexibility index (Phi) is 13.7. The van der Waals surface area contributed by atoms with E-state index in [2.05, 4.69) is 38.1 Å². The second-order valence-electron chi connectivity index (χ2n) is 12.4. The maximum absolute atomic E-state index is 2.42. The number of aryl methyl sites for hydroxylation is 2. The van der Waals surface area contributed by atoms with Crippen LogP contribution in [0.5, 0.6) is 0 Å². The number of hydrogen-bond acceptors (Lipinski definition) is 0. The van der Waals surface area contributed by atoms with Crippen LogP contribution in [0.4, 0.5) is 0 Å². The summed E-state index contributed by atoms with van der Waals surface area (Å²) in [5, 5.41) is 0. The van der Waals surface area contributed by atoms with Crippen LogP contribution in [0.3, 0.4) is 0 Å². The molecule has 0 heteroatoms. The van der Waals surface area contributed by atoms with E-state index in [1.165, 1.54) is 109 Å². The van der Waals surface area contributed by atoms with E-state index in [0.29, 0.717) is 0 Å². The van der Waals surface area contributed by atoms with Crippen LogP contribution in [0.1, 0.15) is 153 Å². The average Bonchev–Trinajstić information content (AvgIpc) is 2.88. The van der Waals surface area contributed by atoms with Crippen LogP contribution in [0.2, 0.25) is 0 Å². The van der Waals surface area contributed by atoms with Gasteiger partial charge in [-0.05, 0) is 60.5 Å². The summed E-state index contributed by atoms with van der Waals surface area (Å²) in [5.74, 6) is 4.19. The largest absolute Gasteiger partial charge is 0.0654 e. The van der Waals surface area contributed by atoms with Crippen LogP contribution in [-0.4, -0.2) is 0 Å². The lowest BCUT2D eigenvalue weighted by atomic mass is 9.74. The van der Waals surface area contributed by atoms with Gasteiger partial charge in [0.2, 0.25) is 0 Å². The van der Waals surface area contributed by atoms with Crippen molar-refractivity contribution in [2.45, 2.75) is 155 Å². The fourth-order valence-corrected chi connectivity index (χ4v) is 6.95. The molecule has 0 unspecified atom stereocenters. The first-order valence-corrected chi connectivity index (χ1v) is 15.8. The third kappa shape index (κ3) is 10.9. The highest BCUT2D eigenvalue weighted by atomic mass is 14.3. The van der Waals surface area contributed by atoms with E-state index in [1.54, 1.807) is 43.2 Å². The molecule has 0 saturated heterocycles. The topological polar surface area (TPSA) is 0 Å². The van der Waals surface area contributed by atoms with E-state index in [1.807, 2.05) is 0 Å². The Morgan fingerprint density at radius 2 is 0.853 bits per heavy atom. The smallest absolute Gasteiger partial charge is 0.0276 e. The van der Waals surface area contributed by atoms with Crippen molar-refractivity contribution in [2.24, 2.45) is 23.7 Å². The molecular weight excluding hydrogens is 408 g/mol. The Morgan fingerprint density at radius 3 is 1.38 bits per heavy atom. The fourth-order valence-electron chi connectivity index (χ4n) is 6.95. The molecule has 194 valence electrons. The molecular formula is C34H58. The van der Waals surface area contributed by atoms with Crippen molar-refractivity contribution in [2.75, 3.05) is 0 Å². The van der Waals surface area contributed by atoms with Gasteiger partial charge < -0.3 is 0 Å². The molecule has 34 heavy (non-hydrogen) atoms. The monoisotopic (exact) mass is 466 g/mol. The zero-order valence-corrected chi connectivity index (χ0v) is 23.2. The second kappa shape index (κ2) is 16.8. The summed E-state index contributed by atoms with van der Waals surface area (Å²) in [4.78, 5) is 0. The van der Waals surface area contributed by atoms with Gasteiger partial charge in [0.05, 0.1) is 0 Å². The van der Waals surface area contributed by atoms with Gasteiger partial charge in [0, 0.05) is 0 Å². The highest BCUT2D eigenvalue weighted by molar-refractivity contribution is 5.22. The Bertz CT molecular complexity index is 597. The molecule has 0 aromatic heterocycles. The summed E-state index contributed by atoms with van der Waals surface area (Å²) in [6, 6.07) is 9.66. The van der Waals surface area contributed by atoms with Gasteiger partial charge in [-0.2, -0.15) is 0 Å². The minimum absolute atomic E-state index is 0.994. The number of rotatable bonds is 16. The summed E-state index contributed by atoms with van der Waals surface area (Å²) in [6.07, 6.45) is 32.1. The Labute approximate surface area is 214 Å². The Morgan fingerprint density at radius 1 is 0.441 bits per heavy atom. The van der Waals surface area contributed by atoms with Crippen molar-refractivity contribution in [3.05, 3.63) is 35.4 Å². The Hall–Kier alpha value is -0.780.